The van der Waals surface area contributed by atoms with E-state index in [1.807, 2.05) is 0 Å². The van der Waals surface area contributed by atoms with Crippen molar-refractivity contribution in [2.75, 3.05) is 0 Å². The average Bonchev–Trinajstić information content (AvgIpc) is 2.42. The molecular weight excluding hydrogens is 280 g/mol. The van der Waals surface area contributed by atoms with Crippen LogP contribution in [0.5, 0.6) is 0 Å². The number of nitrogens with one attached hydrogen (secondary N) is 1. The lowest BCUT2D eigenvalue weighted by Crippen LogP contribution is -2.44. The van der Waals surface area contributed by atoms with Crippen molar-refractivity contribution < 1.29 is 24.4 Å². The van der Waals surface area contributed by atoms with E-state index >= 15 is 0 Å². The van der Waals surface area contributed by atoms with Gasteiger partial charge in [-0.15, -0.1) is 0 Å². The topological polar surface area (TPSA) is 119 Å². The second-order valence-electron chi connectivity index (χ2n) is 4.70. The SMILES string of the molecule is CC(C)[C@@H](NC(=O)OCc1ccc([N+](=O)[O-])cc1)C(=O)O. The van der Waals surface area contributed by atoms with Gasteiger partial charge in [0.15, 0.2) is 0 Å². The van der Waals surface area contributed by atoms with Crippen LogP contribution >= 0.6 is 0 Å². The average molecular weight is 296 g/mol. The van der Waals surface area contributed by atoms with Crippen molar-refractivity contribution in [3.05, 3.63) is 39.9 Å². The summed E-state index contributed by atoms with van der Waals surface area (Å²) in [6, 6.07) is 4.48. The number of ether oxygens (including phenoxy) is 1. The van der Waals surface area contributed by atoms with Crippen molar-refractivity contribution in [3.8, 4) is 0 Å². The van der Waals surface area contributed by atoms with Gasteiger partial charge in [0.2, 0.25) is 0 Å². The lowest BCUT2D eigenvalue weighted by Gasteiger charge is -2.17. The zero-order chi connectivity index (χ0) is 16.0. The van der Waals surface area contributed by atoms with E-state index in [-0.39, 0.29) is 18.2 Å². The molecule has 2 N–H and O–H groups in total. The fraction of sp³-hybridized carbons (Fsp3) is 0.385. The van der Waals surface area contributed by atoms with Crippen LogP contribution in [0, 0.1) is 16.0 Å². The quantitative estimate of drug-likeness (QED) is 0.611. The summed E-state index contributed by atoms with van der Waals surface area (Å²) in [5.41, 5.74) is 0.501. The highest BCUT2D eigenvalue weighted by Crippen LogP contribution is 2.12. The number of amides is 1. The van der Waals surface area contributed by atoms with Crippen LogP contribution in [0.4, 0.5) is 10.5 Å². The van der Waals surface area contributed by atoms with Gasteiger partial charge in [-0.3, -0.25) is 10.1 Å². The predicted octanol–water partition coefficient (Wildman–Crippen LogP) is 1.93. The highest BCUT2D eigenvalue weighted by Gasteiger charge is 2.23. The predicted molar refractivity (Wildman–Crippen MR) is 72.7 cm³/mol. The van der Waals surface area contributed by atoms with Crippen molar-refractivity contribution in [1.29, 1.82) is 0 Å². The molecule has 1 atom stereocenters. The first-order chi connectivity index (χ1) is 9.81. The third-order valence-electron chi connectivity index (χ3n) is 2.72. The number of benzene rings is 1. The van der Waals surface area contributed by atoms with E-state index in [0.29, 0.717) is 5.56 Å². The summed E-state index contributed by atoms with van der Waals surface area (Å²) in [6.45, 7) is 3.22. The Bertz CT molecular complexity index is 526. The van der Waals surface area contributed by atoms with Gasteiger partial charge in [-0.2, -0.15) is 0 Å². The largest absolute Gasteiger partial charge is 0.480 e. The third-order valence-corrected chi connectivity index (χ3v) is 2.72. The number of hydrogen-bond donors (Lipinski definition) is 2. The summed E-state index contributed by atoms with van der Waals surface area (Å²) in [4.78, 5) is 32.4. The van der Waals surface area contributed by atoms with Crippen LogP contribution in [0.15, 0.2) is 24.3 Å². The van der Waals surface area contributed by atoms with Crippen LogP contribution in [0.1, 0.15) is 19.4 Å². The van der Waals surface area contributed by atoms with E-state index in [1.165, 1.54) is 24.3 Å². The minimum absolute atomic E-state index is 0.0612. The minimum Gasteiger partial charge on any atom is -0.480 e. The van der Waals surface area contributed by atoms with Crippen molar-refractivity contribution >= 4 is 17.7 Å². The molecule has 1 amide bonds. The molecule has 0 saturated heterocycles. The fourth-order valence-corrected chi connectivity index (χ4v) is 1.54. The molecule has 8 heteroatoms. The van der Waals surface area contributed by atoms with Crippen LogP contribution in [0.3, 0.4) is 0 Å². The van der Waals surface area contributed by atoms with Gasteiger partial charge in [0.1, 0.15) is 12.6 Å². The zero-order valence-corrected chi connectivity index (χ0v) is 11.6. The highest BCUT2D eigenvalue weighted by molar-refractivity contribution is 5.80. The lowest BCUT2D eigenvalue weighted by molar-refractivity contribution is -0.384. The molecule has 21 heavy (non-hydrogen) atoms. The Labute approximate surface area is 120 Å². The Morgan fingerprint density at radius 3 is 2.33 bits per heavy atom. The minimum atomic E-state index is -1.14. The Morgan fingerprint density at radius 1 is 1.33 bits per heavy atom. The number of nitro groups is 1. The number of nitro benzene ring substituents is 1. The van der Waals surface area contributed by atoms with Gasteiger partial charge in [-0.1, -0.05) is 13.8 Å². The molecular formula is C13H16N2O6. The van der Waals surface area contributed by atoms with Crippen LogP contribution in [0.25, 0.3) is 0 Å². The fourth-order valence-electron chi connectivity index (χ4n) is 1.54. The van der Waals surface area contributed by atoms with E-state index in [1.54, 1.807) is 13.8 Å². The number of nitrogens with zero attached hydrogens (tertiary/aromatic N) is 1. The zero-order valence-electron chi connectivity index (χ0n) is 11.6. The van der Waals surface area contributed by atoms with Crippen molar-refractivity contribution in [2.24, 2.45) is 5.92 Å². The molecule has 0 bridgehead atoms. The molecule has 0 radical (unpaired) electrons. The number of alkyl carbamates (subject to hydrolysis) is 1. The second-order valence-corrected chi connectivity index (χ2v) is 4.70. The highest BCUT2D eigenvalue weighted by atomic mass is 16.6. The van der Waals surface area contributed by atoms with Gasteiger partial charge in [0.05, 0.1) is 4.92 Å². The maximum absolute atomic E-state index is 11.5. The monoisotopic (exact) mass is 296 g/mol. The molecule has 0 aliphatic heterocycles. The van der Waals surface area contributed by atoms with Crippen molar-refractivity contribution in [1.82, 2.24) is 5.32 Å². The Morgan fingerprint density at radius 2 is 1.90 bits per heavy atom. The Hall–Kier alpha value is -2.64. The first-order valence-corrected chi connectivity index (χ1v) is 6.20. The van der Waals surface area contributed by atoms with Crippen molar-refractivity contribution in [2.45, 2.75) is 26.5 Å². The molecule has 0 aromatic heterocycles. The summed E-state index contributed by atoms with van der Waals surface area (Å²) in [5, 5.41) is 21.7. The van der Waals surface area contributed by atoms with Crippen LogP contribution < -0.4 is 5.32 Å². The van der Waals surface area contributed by atoms with E-state index < -0.39 is 23.0 Å². The summed E-state index contributed by atoms with van der Waals surface area (Å²) in [5.74, 6) is -1.42. The van der Waals surface area contributed by atoms with Crippen LogP contribution in [0.2, 0.25) is 0 Å². The molecule has 8 nitrogen and oxygen atoms in total. The van der Waals surface area contributed by atoms with Gasteiger partial charge in [-0.25, -0.2) is 9.59 Å². The number of non-ortho nitro benzene ring substituents is 1. The molecule has 0 aliphatic rings. The molecule has 1 rings (SSSR count). The first-order valence-electron chi connectivity index (χ1n) is 6.20. The van der Waals surface area contributed by atoms with Gasteiger partial charge in [0, 0.05) is 12.1 Å². The second kappa shape index (κ2) is 7.22. The van der Waals surface area contributed by atoms with E-state index in [2.05, 4.69) is 5.32 Å². The molecule has 0 saturated carbocycles. The normalized spacial score (nSPS) is 11.8. The molecule has 0 fully saturated rings. The summed E-state index contributed by atoms with van der Waals surface area (Å²) >= 11 is 0. The maximum atomic E-state index is 11.5. The maximum Gasteiger partial charge on any atom is 0.408 e. The Kier molecular flexibility index (Phi) is 5.65. The smallest absolute Gasteiger partial charge is 0.408 e. The molecule has 0 unspecified atom stereocenters. The molecule has 0 spiro atoms. The molecule has 114 valence electrons. The number of carboxylic acid groups (broad SMARTS) is 1. The Balaban J connectivity index is 2.52. The van der Waals surface area contributed by atoms with Crippen molar-refractivity contribution in [3.63, 3.8) is 0 Å². The number of rotatable bonds is 6. The number of hydrogen-bond acceptors (Lipinski definition) is 5. The summed E-state index contributed by atoms with van der Waals surface area (Å²) in [6.07, 6.45) is -0.852. The van der Waals surface area contributed by atoms with E-state index in [4.69, 9.17) is 9.84 Å². The molecule has 0 aliphatic carbocycles. The van der Waals surface area contributed by atoms with Crippen LogP contribution in [-0.2, 0) is 16.1 Å². The van der Waals surface area contributed by atoms with Gasteiger partial charge in [0.25, 0.3) is 5.69 Å². The first kappa shape index (κ1) is 16.4. The molecule has 1 aromatic carbocycles. The standard InChI is InChI=1S/C13H16N2O6/c1-8(2)11(12(16)17)14-13(18)21-7-9-3-5-10(6-4-9)15(19)20/h3-6,8,11H,7H2,1-2H3,(H,14,18)(H,16,17)/t11-/m1/s1. The van der Waals surface area contributed by atoms with Gasteiger partial charge >= 0.3 is 12.1 Å². The van der Waals surface area contributed by atoms with Crippen LogP contribution in [-0.4, -0.2) is 28.1 Å². The molecule has 0 heterocycles. The summed E-state index contributed by atoms with van der Waals surface area (Å²) in [7, 11) is 0. The third kappa shape index (κ3) is 5.09. The molecule has 1 aromatic rings. The summed E-state index contributed by atoms with van der Waals surface area (Å²) < 4.78 is 4.88. The van der Waals surface area contributed by atoms with Gasteiger partial charge < -0.3 is 15.2 Å². The number of carboxylic acids is 1. The number of aliphatic carboxylic acids is 1. The van der Waals surface area contributed by atoms with E-state index in [0.717, 1.165) is 0 Å². The van der Waals surface area contributed by atoms with E-state index in [9.17, 15) is 19.7 Å². The number of carbonyl (C=O) groups excluding carboxylic acids is 1. The van der Waals surface area contributed by atoms with Gasteiger partial charge in [-0.05, 0) is 23.6 Å². The lowest BCUT2D eigenvalue weighted by atomic mass is 10.1. The number of carbonyl (C=O) groups is 2.